The van der Waals surface area contributed by atoms with Crippen molar-refractivity contribution >= 4 is 17.5 Å². The summed E-state index contributed by atoms with van der Waals surface area (Å²) < 4.78 is 13.1. The van der Waals surface area contributed by atoms with Crippen LogP contribution in [0, 0.1) is 11.7 Å². The third kappa shape index (κ3) is 4.76. The maximum Gasteiger partial charge on any atom is 0.236 e. The van der Waals surface area contributed by atoms with Gasteiger partial charge in [-0.3, -0.25) is 10.1 Å². The lowest BCUT2D eigenvalue weighted by Crippen LogP contribution is -2.44. The fraction of sp³-hybridized carbons (Fsp3) is 0.533. The van der Waals surface area contributed by atoms with Gasteiger partial charge in [-0.1, -0.05) is 31.5 Å². The molecule has 20 heavy (non-hydrogen) atoms. The van der Waals surface area contributed by atoms with Crippen LogP contribution in [0.25, 0.3) is 0 Å². The van der Waals surface area contributed by atoms with E-state index in [4.69, 9.17) is 11.6 Å². The molecule has 0 aliphatic carbocycles. The first-order valence-electron chi connectivity index (χ1n) is 6.77. The van der Waals surface area contributed by atoms with E-state index < -0.39 is 0 Å². The third-order valence-corrected chi connectivity index (χ3v) is 3.48. The molecule has 1 amide bonds. The molecule has 0 saturated heterocycles. The van der Waals surface area contributed by atoms with Crippen LogP contribution in [0.2, 0.25) is 5.02 Å². The molecule has 0 aromatic heterocycles. The quantitative estimate of drug-likeness (QED) is 0.846. The van der Waals surface area contributed by atoms with Gasteiger partial charge in [-0.2, -0.15) is 0 Å². The largest absolute Gasteiger partial charge is 0.358 e. The Morgan fingerprint density at radius 1 is 1.35 bits per heavy atom. The second kappa shape index (κ2) is 7.60. The number of nitrogens with one attached hydrogen (secondary N) is 2. The summed E-state index contributed by atoms with van der Waals surface area (Å²) in [4.78, 5) is 11.9. The van der Waals surface area contributed by atoms with E-state index in [0.717, 1.165) is 12.0 Å². The van der Waals surface area contributed by atoms with Gasteiger partial charge < -0.3 is 5.32 Å². The highest BCUT2D eigenvalue weighted by Crippen LogP contribution is 2.24. The van der Waals surface area contributed by atoms with Gasteiger partial charge in [0.25, 0.3) is 0 Å². The zero-order chi connectivity index (χ0) is 15.3. The molecule has 5 heteroatoms. The molecule has 0 radical (unpaired) electrons. The summed E-state index contributed by atoms with van der Waals surface area (Å²) in [6.45, 7) is 6.04. The van der Waals surface area contributed by atoms with E-state index in [2.05, 4.69) is 24.5 Å². The molecule has 2 N–H and O–H groups in total. The van der Waals surface area contributed by atoms with E-state index in [9.17, 15) is 9.18 Å². The number of amides is 1. The Morgan fingerprint density at radius 2 is 2.00 bits per heavy atom. The number of likely N-dealkylation sites (N-methyl/N-ethyl adjacent to an activating group) is 1. The van der Waals surface area contributed by atoms with E-state index in [1.807, 2.05) is 6.92 Å². The zero-order valence-electron chi connectivity index (χ0n) is 12.3. The molecule has 0 spiro atoms. The van der Waals surface area contributed by atoms with E-state index in [-0.39, 0.29) is 23.8 Å². The molecule has 2 unspecified atom stereocenters. The average molecular weight is 301 g/mol. The standard InChI is InChI=1S/C15H22ClFN2O/c1-9(2)7-14(15(20)18-4)19-10(3)12-6-5-11(17)8-13(12)16/h5-6,8-10,14,19H,7H2,1-4H3,(H,18,20). The number of hydrogen-bond donors (Lipinski definition) is 2. The minimum atomic E-state index is -0.365. The maximum absolute atomic E-state index is 13.1. The van der Waals surface area contributed by atoms with Crippen molar-refractivity contribution in [3.8, 4) is 0 Å². The summed E-state index contributed by atoms with van der Waals surface area (Å²) in [7, 11) is 1.62. The summed E-state index contributed by atoms with van der Waals surface area (Å²) >= 11 is 6.05. The Hall–Kier alpha value is -1.13. The molecule has 0 fully saturated rings. The molecule has 0 aliphatic heterocycles. The second-order valence-electron chi connectivity index (χ2n) is 5.35. The fourth-order valence-corrected chi connectivity index (χ4v) is 2.47. The Labute approximate surface area is 124 Å². The molecule has 112 valence electrons. The molecule has 0 saturated carbocycles. The normalized spacial score (nSPS) is 14.2. The molecule has 3 nitrogen and oxygen atoms in total. The van der Waals surface area contributed by atoms with Gasteiger partial charge in [-0.05, 0) is 37.0 Å². The van der Waals surface area contributed by atoms with Crippen LogP contribution in [-0.2, 0) is 4.79 Å². The van der Waals surface area contributed by atoms with Gasteiger partial charge in [0.15, 0.2) is 0 Å². The highest BCUT2D eigenvalue weighted by molar-refractivity contribution is 6.31. The predicted molar refractivity (Wildman–Crippen MR) is 80.3 cm³/mol. The minimum Gasteiger partial charge on any atom is -0.358 e. The number of hydrogen-bond acceptors (Lipinski definition) is 2. The number of carbonyl (C=O) groups excluding carboxylic acids is 1. The number of benzene rings is 1. The van der Waals surface area contributed by atoms with E-state index in [1.165, 1.54) is 12.1 Å². The van der Waals surface area contributed by atoms with Crippen LogP contribution < -0.4 is 10.6 Å². The highest BCUT2D eigenvalue weighted by atomic mass is 35.5. The van der Waals surface area contributed by atoms with Gasteiger partial charge in [0.1, 0.15) is 5.82 Å². The Morgan fingerprint density at radius 3 is 2.50 bits per heavy atom. The molecular formula is C15H22ClFN2O. The van der Waals surface area contributed by atoms with Crippen LogP contribution in [-0.4, -0.2) is 19.0 Å². The Balaban J connectivity index is 2.84. The smallest absolute Gasteiger partial charge is 0.236 e. The summed E-state index contributed by atoms with van der Waals surface area (Å²) in [5, 5.41) is 6.28. The Bertz CT molecular complexity index is 465. The van der Waals surface area contributed by atoms with Crippen molar-refractivity contribution in [1.29, 1.82) is 0 Å². The molecule has 1 rings (SSSR count). The minimum absolute atomic E-state index is 0.0521. The molecule has 0 aliphatic rings. The SMILES string of the molecule is CNC(=O)C(CC(C)C)NC(C)c1ccc(F)cc1Cl. The summed E-state index contributed by atoms with van der Waals surface area (Å²) in [5.41, 5.74) is 0.783. The average Bonchev–Trinajstić information content (AvgIpc) is 2.36. The van der Waals surface area contributed by atoms with Gasteiger partial charge in [-0.15, -0.1) is 0 Å². The first-order chi connectivity index (χ1) is 9.35. The van der Waals surface area contributed by atoms with Gasteiger partial charge >= 0.3 is 0 Å². The lowest BCUT2D eigenvalue weighted by atomic mass is 10.0. The lowest BCUT2D eigenvalue weighted by Gasteiger charge is -2.24. The highest BCUT2D eigenvalue weighted by Gasteiger charge is 2.22. The predicted octanol–water partition coefficient (Wildman–Crippen LogP) is 3.29. The molecule has 2 atom stereocenters. The maximum atomic E-state index is 13.1. The van der Waals surface area contributed by atoms with Gasteiger partial charge in [0, 0.05) is 18.1 Å². The molecule has 0 heterocycles. The van der Waals surface area contributed by atoms with Gasteiger partial charge in [-0.25, -0.2) is 4.39 Å². The van der Waals surface area contributed by atoms with Crippen LogP contribution in [0.4, 0.5) is 4.39 Å². The van der Waals surface area contributed by atoms with Crippen LogP contribution in [0.3, 0.4) is 0 Å². The van der Waals surface area contributed by atoms with E-state index in [0.29, 0.717) is 10.9 Å². The van der Waals surface area contributed by atoms with Crippen LogP contribution in [0.15, 0.2) is 18.2 Å². The molecule has 1 aromatic rings. The lowest BCUT2D eigenvalue weighted by molar-refractivity contribution is -0.123. The van der Waals surface area contributed by atoms with Crippen molar-refractivity contribution in [2.75, 3.05) is 7.05 Å². The monoisotopic (exact) mass is 300 g/mol. The molecule has 1 aromatic carbocycles. The van der Waals surface area contributed by atoms with Crippen LogP contribution >= 0.6 is 11.6 Å². The second-order valence-corrected chi connectivity index (χ2v) is 5.76. The summed E-state index contributed by atoms with van der Waals surface area (Å²) in [6.07, 6.45) is 0.725. The van der Waals surface area contributed by atoms with Crippen LogP contribution in [0.1, 0.15) is 38.8 Å². The molecule has 0 bridgehead atoms. The third-order valence-electron chi connectivity index (χ3n) is 3.15. The van der Waals surface area contributed by atoms with Crippen molar-refractivity contribution in [3.05, 3.63) is 34.6 Å². The van der Waals surface area contributed by atoms with Gasteiger partial charge in [0.2, 0.25) is 5.91 Å². The van der Waals surface area contributed by atoms with Crippen molar-refractivity contribution in [2.45, 2.75) is 39.3 Å². The Kier molecular flexibility index (Phi) is 6.43. The number of rotatable bonds is 6. The van der Waals surface area contributed by atoms with Crippen molar-refractivity contribution < 1.29 is 9.18 Å². The fourth-order valence-electron chi connectivity index (χ4n) is 2.14. The zero-order valence-corrected chi connectivity index (χ0v) is 13.1. The first-order valence-corrected chi connectivity index (χ1v) is 7.15. The van der Waals surface area contributed by atoms with E-state index in [1.54, 1.807) is 13.1 Å². The summed E-state index contributed by atoms with van der Waals surface area (Å²) in [6, 6.07) is 3.87. The molecular weight excluding hydrogens is 279 g/mol. The number of carbonyl (C=O) groups is 1. The van der Waals surface area contributed by atoms with Crippen molar-refractivity contribution in [1.82, 2.24) is 10.6 Å². The van der Waals surface area contributed by atoms with E-state index >= 15 is 0 Å². The first kappa shape index (κ1) is 16.9. The topological polar surface area (TPSA) is 41.1 Å². The van der Waals surface area contributed by atoms with Crippen molar-refractivity contribution in [3.63, 3.8) is 0 Å². The van der Waals surface area contributed by atoms with Gasteiger partial charge in [0.05, 0.1) is 6.04 Å². The van der Waals surface area contributed by atoms with Crippen LogP contribution in [0.5, 0.6) is 0 Å². The summed E-state index contributed by atoms with van der Waals surface area (Å²) in [5.74, 6) is -0.0274. The number of halogens is 2. The van der Waals surface area contributed by atoms with Crippen molar-refractivity contribution in [2.24, 2.45) is 5.92 Å².